The average Bonchev–Trinajstić information content (AvgIpc) is 2.85. The van der Waals surface area contributed by atoms with Gasteiger partial charge in [0.1, 0.15) is 5.76 Å². The molecule has 1 heterocycles. The third kappa shape index (κ3) is 2.87. The molecule has 0 aliphatic rings. The number of rotatable bonds is 5. The Bertz CT molecular complexity index is 551. The van der Waals surface area contributed by atoms with Crippen LogP contribution >= 0.6 is 11.8 Å². The molecule has 2 N–H and O–H groups in total. The molecular formula is C13H13NO3S. The Kier molecular flexibility index (Phi) is 3.94. The van der Waals surface area contributed by atoms with E-state index in [2.05, 4.69) is 5.32 Å². The van der Waals surface area contributed by atoms with Crippen molar-refractivity contribution in [1.82, 2.24) is 0 Å². The van der Waals surface area contributed by atoms with Crippen molar-refractivity contribution in [2.75, 3.05) is 11.6 Å². The molecule has 0 aliphatic heterocycles. The number of nitrogens with one attached hydrogen (secondary N) is 1. The Hall–Kier alpha value is -1.88. The summed E-state index contributed by atoms with van der Waals surface area (Å²) >= 11 is 1.65. The lowest BCUT2D eigenvalue weighted by atomic mass is 10.3. The number of carboxylic acid groups (broad SMARTS) is 1. The van der Waals surface area contributed by atoms with Crippen molar-refractivity contribution >= 4 is 23.4 Å². The first-order valence-electron chi connectivity index (χ1n) is 5.39. The van der Waals surface area contributed by atoms with Crippen LogP contribution in [0.4, 0.5) is 5.69 Å². The van der Waals surface area contributed by atoms with Crippen LogP contribution < -0.4 is 5.32 Å². The highest BCUT2D eigenvalue weighted by atomic mass is 32.2. The summed E-state index contributed by atoms with van der Waals surface area (Å²) in [5.41, 5.74) is 1.01. The normalized spacial score (nSPS) is 10.3. The molecule has 1 aromatic carbocycles. The van der Waals surface area contributed by atoms with E-state index in [4.69, 9.17) is 9.52 Å². The number of carbonyl (C=O) groups is 1. The first kappa shape index (κ1) is 12.6. The van der Waals surface area contributed by atoms with Gasteiger partial charge in [-0.2, -0.15) is 0 Å². The maximum atomic E-state index is 10.7. The molecule has 0 amide bonds. The molecular weight excluding hydrogens is 250 g/mol. The highest BCUT2D eigenvalue weighted by molar-refractivity contribution is 7.98. The Morgan fingerprint density at radius 2 is 2.11 bits per heavy atom. The third-order valence-corrected chi connectivity index (χ3v) is 3.23. The molecule has 0 atom stereocenters. The molecule has 4 nitrogen and oxygen atoms in total. The van der Waals surface area contributed by atoms with Gasteiger partial charge in [-0.05, 0) is 30.5 Å². The monoisotopic (exact) mass is 263 g/mol. The molecule has 2 aromatic rings. The van der Waals surface area contributed by atoms with E-state index >= 15 is 0 Å². The number of para-hydroxylation sites is 1. The predicted octanol–water partition coefficient (Wildman–Crippen LogP) is 3.31. The zero-order valence-electron chi connectivity index (χ0n) is 9.84. The molecule has 0 bridgehead atoms. The highest BCUT2D eigenvalue weighted by Crippen LogP contribution is 2.25. The van der Waals surface area contributed by atoms with E-state index in [1.807, 2.05) is 30.5 Å². The van der Waals surface area contributed by atoms with Crippen LogP contribution in [-0.4, -0.2) is 17.3 Å². The van der Waals surface area contributed by atoms with E-state index < -0.39 is 5.97 Å². The Balaban J connectivity index is 2.04. The molecule has 0 unspecified atom stereocenters. The molecule has 0 radical (unpaired) electrons. The van der Waals surface area contributed by atoms with Crippen LogP contribution in [0, 0.1) is 0 Å². The molecule has 5 heteroatoms. The van der Waals surface area contributed by atoms with E-state index in [0.29, 0.717) is 12.3 Å². The summed E-state index contributed by atoms with van der Waals surface area (Å²) in [4.78, 5) is 11.8. The molecule has 94 valence electrons. The van der Waals surface area contributed by atoms with Gasteiger partial charge < -0.3 is 14.8 Å². The minimum Gasteiger partial charge on any atom is -0.475 e. The predicted molar refractivity (Wildman–Crippen MR) is 71.2 cm³/mol. The van der Waals surface area contributed by atoms with Gasteiger partial charge in [0, 0.05) is 10.6 Å². The number of furan rings is 1. The van der Waals surface area contributed by atoms with Crippen molar-refractivity contribution in [3.63, 3.8) is 0 Å². The van der Waals surface area contributed by atoms with E-state index in [1.165, 1.54) is 6.07 Å². The summed E-state index contributed by atoms with van der Waals surface area (Å²) < 4.78 is 5.17. The lowest BCUT2D eigenvalue weighted by molar-refractivity contribution is 0.0660. The first-order valence-corrected chi connectivity index (χ1v) is 6.62. The van der Waals surface area contributed by atoms with Crippen LogP contribution in [0.5, 0.6) is 0 Å². The lowest BCUT2D eigenvalue weighted by Crippen LogP contribution is -1.99. The molecule has 0 spiro atoms. The number of carboxylic acids is 1. The van der Waals surface area contributed by atoms with Crippen molar-refractivity contribution in [1.29, 1.82) is 0 Å². The number of benzene rings is 1. The smallest absolute Gasteiger partial charge is 0.371 e. The van der Waals surface area contributed by atoms with Crippen molar-refractivity contribution in [2.24, 2.45) is 0 Å². The van der Waals surface area contributed by atoms with Crippen molar-refractivity contribution < 1.29 is 14.3 Å². The molecule has 0 saturated carbocycles. The summed E-state index contributed by atoms with van der Waals surface area (Å²) in [5.74, 6) is -0.487. The van der Waals surface area contributed by atoms with E-state index in [1.54, 1.807) is 17.8 Å². The average molecular weight is 263 g/mol. The molecule has 0 fully saturated rings. The number of hydrogen-bond donors (Lipinski definition) is 2. The van der Waals surface area contributed by atoms with Crippen molar-refractivity contribution in [2.45, 2.75) is 11.4 Å². The minimum atomic E-state index is -1.05. The van der Waals surface area contributed by atoms with Crippen LogP contribution in [-0.2, 0) is 6.54 Å². The fourth-order valence-corrected chi connectivity index (χ4v) is 2.14. The zero-order chi connectivity index (χ0) is 13.0. The number of thioether (sulfide) groups is 1. The first-order chi connectivity index (χ1) is 8.70. The van der Waals surface area contributed by atoms with Gasteiger partial charge in [-0.15, -0.1) is 11.8 Å². The van der Waals surface area contributed by atoms with Gasteiger partial charge >= 0.3 is 5.97 Å². The fraction of sp³-hybridized carbons (Fsp3) is 0.154. The Labute approximate surface area is 109 Å². The molecule has 18 heavy (non-hydrogen) atoms. The summed E-state index contributed by atoms with van der Waals surface area (Å²) in [6.07, 6.45) is 2.01. The van der Waals surface area contributed by atoms with Gasteiger partial charge in [0.25, 0.3) is 0 Å². The Morgan fingerprint density at radius 1 is 1.33 bits per heavy atom. The number of aromatic carboxylic acids is 1. The fourth-order valence-electron chi connectivity index (χ4n) is 1.56. The van der Waals surface area contributed by atoms with Gasteiger partial charge in [-0.1, -0.05) is 12.1 Å². The van der Waals surface area contributed by atoms with Crippen LogP contribution in [0.1, 0.15) is 16.3 Å². The van der Waals surface area contributed by atoms with Crippen LogP contribution in [0.2, 0.25) is 0 Å². The third-order valence-electron chi connectivity index (χ3n) is 2.43. The van der Waals surface area contributed by atoms with E-state index in [0.717, 1.165) is 10.6 Å². The molecule has 0 aliphatic carbocycles. The van der Waals surface area contributed by atoms with Gasteiger partial charge in [0.15, 0.2) is 0 Å². The summed E-state index contributed by atoms with van der Waals surface area (Å²) in [7, 11) is 0. The van der Waals surface area contributed by atoms with E-state index in [9.17, 15) is 4.79 Å². The van der Waals surface area contributed by atoms with Crippen molar-refractivity contribution in [3.8, 4) is 0 Å². The Morgan fingerprint density at radius 3 is 2.78 bits per heavy atom. The van der Waals surface area contributed by atoms with Gasteiger partial charge in [-0.25, -0.2) is 4.79 Å². The SMILES string of the molecule is CSc1ccccc1NCc1ccc(C(=O)O)o1. The van der Waals surface area contributed by atoms with Crippen molar-refractivity contribution in [3.05, 3.63) is 47.9 Å². The molecule has 2 rings (SSSR count). The zero-order valence-corrected chi connectivity index (χ0v) is 10.7. The maximum Gasteiger partial charge on any atom is 0.371 e. The van der Waals surface area contributed by atoms with E-state index in [-0.39, 0.29) is 5.76 Å². The highest BCUT2D eigenvalue weighted by Gasteiger charge is 2.09. The van der Waals surface area contributed by atoms with Gasteiger partial charge in [-0.3, -0.25) is 0 Å². The maximum absolute atomic E-state index is 10.7. The lowest BCUT2D eigenvalue weighted by Gasteiger charge is -2.08. The van der Waals surface area contributed by atoms with Crippen LogP contribution in [0.3, 0.4) is 0 Å². The summed E-state index contributed by atoms with van der Waals surface area (Å²) in [5, 5.41) is 12.0. The van der Waals surface area contributed by atoms with Crippen LogP contribution in [0.25, 0.3) is 0 Å². The minimum absolute atomic E-state index is 0.0371. The summed E-state index contributed by atoms with van der Waals surface area (Å²) in [6, 6.07) is 11.1. The molecule has 1 aromatic heterocycles. The molecule has 0 saturated heterocycles. The summed E-state index contributed by atoms with van der Waals surface area (Å²) in [6.45, 7) is 0.463. The quantitative estimate of drug-likeness (QED) is 0.810. The second-order valence-electron chi connectivity index (χ2n) is 3.62. The second kappa shape index (κ2) is 5.64. The topological polar surface area (TPSA) is 62.5 Å². The number of hydrogen-bond acceptors (Lipinski definition) is 4. The number of anilines is 1. The largest absolute Gasteiger partial charge is 0.475 e. The van der Waals surface area contributed by atoms with Gasteiger partial charge in [0.2, 0.25) is 5.76 Å². The standard InChI is InChI=1S/C13H13NO3S/c1-18-12-5-3-2-4-10(12)14-8-9-6-7-11(17-9)13(15)16/h2-7,14H,8H2,1H3,(H,15,16). The van der Waals surface area contributed by atoms with Crippen LogP contribution in [0.15, 0.2) is 45.7 Å². The second-order valence-corrected chi connectivity index (χ2v) is 4.47. The van der Waals surface area contributed by atoms with Gasteiger partial charge in [0.05, 0.1) is 6.54 Å².